The maximum absolute atomic E-state index is 12.2. The number of thiophene rings is 2. The summed E-state index contributed by atoms with van der Waals surface area (Å²) in [5.41, 5.74) is 2.03. The van der Waals surface area contributed by atoms with E-state index in [0.717, 1.165) is 22.4 Å². The molecule has 1 amide bonds. The lowest BCUT2D eigenvalue weighted by atomic mass is 10.1. The van der Waals surface area contributed by atoms with Crippen LogP contribution in [0, 0.1) is 6.92 Å². The third-order valence-corrected chi connectivity index (χ3v) is 5.68. The van der Waals surface area contributed by atoms with Gasteiger partial charge in [0.1, 0.15) is 5.00 Å². The number of aryl methyl sites for hydroxylation is 1. The molecule has 0 bridgehead atoms. The van der Waals surface area contributed by atoms with Gasteiger partial charge in [-0.05, 0) is 48.2 Å². The van der Waals surface area contributed by atoms with Crippen LogP contribution in [-0.2, 0) is 31.9 Å². The summed E-state index contributed by atoms with van der Waals surface area (Å²) in [7, 11) is 0. The Morgan fingerprint density at radius 2 is 1.96 bits per heavy atom. The van der Waals surface area contributed by atoms with Gasteiger partial charge in [-0.25, -0.2) is 4.79 Å². The van der Waals surface area contributed by atoms with Crippen LogP contribution in [0.2, 0.25) is 0 Å². The molecule has 0 aliphatic carbocycles. The summed E-state index contributed by atoms with van der Waals surface area (Å²) >= 11 is 2.83. The molecule has 26 heavy (non-hydrogen) atoms. The number of carbonyl (C=O) groups is 3. The maximum Gasteiger partial charge on any atom is 0.341 e. The molecule has 2 heterocycles. The van der Waals surface area contributed by atoms with Crippen molar-refractivity contribution in [3.8, 4) is 0 Å². The third-order valence-electron chi connectivity index (χ3n) is 3.59. The SMILES string of the molecule is CCOC(=O)c1c(NC(=O)COC(=O)Cc2ccsc2)sc(CC)c1C. The molecule has 0 saturated carbocycles. The molecule has 0 aliphatic heterocycles. The largest absolute Gasteiger partial charge is 0.462 e. The van der Waals surface area contributed by atoms with E-state index in [1.54, 1.807) is 6.92 Å². The van der Waals surface area contributed by atoms with Crippen molar-refractivity contribution in [3.05, 3.63) is 38.4 Å². The van der Waals surface area contributed by atoms with Gasteiger partial charge in [-0.15, -0.1) is 11.3 Å². The minimum absolute atomic E-state index is 0.128. The van der Waals surface area contributed by atoms with Crippen molar-refractivity contribution in [1.82, 2.24) is 0 Å². The van der Waals surface area contributed by atoms with Gasteiger partial charge >= 0.3 is 11.9 Å². The highest BCUT2D eigenvalue weighted by Crippen LogP contribution is 2.34. The number of amides is 1. The molecule has 6 nitrogen and oxygen atoms in total. The van der Waals surface area contributed by atoms with Gasteiger partial charge in [0.2, 0.25) is 0 Å². The van der Waals surface area contributed by atoms with Crippen LogP contribution < -0.4 is 5.32 Å². The second-order valence-electron chi connectivity index (χ2n) is 5.45. The normalized spacial score (nSPS) is 10.4. The molecule has 0 aliphatic rings. The van der Waals surface area contributed by atoms with Crippen LogP contribution in [0.4, 0.5) is 5.00 Å². The number of esters is 2. The van der Waals surface area contributed by atoms with Gasteiger partial charge in [-0.2, -0.15) is 11.3 Å². The Hall–Kier alpha value is -2.19. The summed E-state index contributed by atoms with van der Waals surface area (Å²) in [4.78, 5) is 37.1. The van der Waals surface area contributed by atoms with Crippen LogP contribution in [0.5, 0.6) is 0 Å². The Morgan fingerprint density at radius 1 is 1.19 bits per heavy atom. The first kappa shape index (κ1) is 20.1. The van der Waals surface area contributed by atoms with Crippen molar-refractivity contribution in [1.29, 1.82) is 0 Å². The molecule has 2 rings (SSSR count). The highest BCUT2D eigenvalue weighted by molar-refractivity contribution is 7.17. The molecule has 2 aromatic heterocycles. The van der Waals surface area contributed by atoms with Crippen molar-refractivity contribution >= 4 is 45.5 Å². The number of rotatable bonds is 8. The quantitative estimate of drug-likeness (QED) is 0.691. The number of hydrogen-bond acceptors (Lipinski definition) is 7. The van der Waals surface area contributed by atoms with E-state index in [4.69, 9.17) is 9.47 Å². The summed E-state index contributed by atoms with van der Waals surface area (Å²) in [6.45, 7) is 5.39. The zero-order valence-corrected chi connectivity index (χ0v) is 16.6. The van der Waals surface area contributed by atoms with E-state index in [0.29, 0.717) is 10.6 Å². The fraction of sp³-hybridized carbons (Fsp3) is 0.389. The van der Waals surface area contributed by atoms with Gasteiger partial charge in [0.05, 0.1) is 18.6 Å². The molecule has 0 unspecified atom stereocenters. The summed E-state index contributed by atoms with van der Waals surface area (Å²) in [6.07, 6.45) is 0.872. The van der Waals surface area contributed by atoms with Crippen LogP contribution in [0.15, 0.2) is 16.8 Å². The predicted octanol–water partition coefficient (Wildman–Crippen LogP) is 3.58. The van der Waals surface area contributed by atoms with Gasteiger partial charge in [0, 0.05) is 4.88 Å². The topological polar surface area (TPSA) is 81.7 Å². The van der Waals surface area contributed by atoms with E-state index in [-0.39, 0.29) is 13.0 Å². The molecule has 0 saturated heterocycles. The molecule has 140 valence electrons. The molecule has 2 aromatic rings. The van der Waals surface area contributed by atoms with E-state index in [9.17, 15) is 14.4 Å². The number of hydrogen-bond donors (Lipinski definition) is 1. The molecule has 0 aromatic carbocycles. The summed E-state index contributed by atoms with van der Waals surface area (Å²) in [5, 5.41) is 6.82. The highest BCUT2D eigenvalue weighted by atomic mass is 32.1. The van der Waals surface area contributed by atoms with Gasteiger partial charge in [0.15, 0.2) is 6.61 Å². The maximum atomic E-state index is 12.2. The lowest BCUT2D eigenvalue weighted by Gasteiger charge is -2.08. The summed E-state index contributed by atoms with van der Waals surface area (Å²) in [6, 6.07) is 1.83. The zero-order valence-electron chi connectivity index (χ0n) is 14.9. The van der Waals surface area contributed by atoms with Crippen LogP contribution in [0.1, 0.15) is 40.2 Å². The van der Waals surface area contributed by atoms with Crippen molar-refractivity contribution in [2.45, 2.75) is 33.6 Å². The first-order valence-electron chi connectivity index (χ1n) is 8.22. The minimum Gasteiger partial charge on any atom is -0.462 e. The van der Waals surface area contributed by atoms with Gasteiger partial charge in [0.25, 0.3) is 5.91 Å². The Kier molecular flexibility index (Phi) is 7.35. The Bertz CT molecular complexity index is 780. The Balaban J connectivity index is 1.99. The number of anilines is 1. The summed E-state index contributed by atoms with van der Waals surface area (Å²) in [5.74, 6) is -1.43. The lowest BCUT2D eigenvalue weighted by molar-refractivity contribution is -0.146. The smallest absolute Gasteiger partial charge is 0.341 e. The zero-order chi connectivity index (χ0) is 19.1. The first-order chi connectivity index (χ1) is 12.5. The van der Waals surface area contributed by atoms with Crippen LogP contribution in [0.3, 0.4) is 0 Å². The number of ether oxygens (including phenoxy) is 2. The van der Waals surface area contributed by atoms with E-state index in [1.165, 1.54) is 22.7 Å². The summed E-state index contributed by atoms with van der Waals surface area (Å²) < 4.78 is 10.1. The second kappa shape index (κ2) is 9.49. The second-order valence-corrected chi connectivity index (χ2v) is 7.33. The van der Waals surface area contributed by atoms with E-state index < -0.39 is 24.5 Å². The highest BCUT2D eigenvalue weighted by Gasteiger charge is 2.23. The molecular formula is C18H21NO5S2. The molecule has 0 atom stereocenters. The Labute approximate surface area is 160 Å². The van der Waals surface area contributed by atoms with E-state index in [2.05, 4.69) is 5.32 Å². The van der Waals surface area contributed by atoms with Crippen molar-refractivity contribution in [2.75, 3.05) is 18.5 Å². The molecule has 8 heteroatoms. The average Bonchev–Trinajstić information content (AvgIpc) is 3.21. The van der Waals surface area contributed by atoms with Crippen molar-refractivity contribution in [3.63, 3.8) is 0 Å². The molecule has 1 N–H and O–H groups in total. The monoisotopic (exact) mass is 395 g/mol. The predicted molar refractivity (Wildman–Crippen MR) is 102 cm³/mol. The molecule has 0 spiro atoms. The van der Waals surface area contributed by atoms with Crippen LogP contribution >= 0.6 is 22.7 Å². The van der Waals surface area contributed by atoms with Gasteiger partial charge in [-0.3, -0.25) is 9.59 Å². The lowest BCUT2D eigenvalue weighted by Crippen LogP contribution is -2.22. The number of nitrogens with one attached hydrogen (secondary N) is 1. The molecular weight excluding hydrogens is 374 g/mol. The van der Waals surface area contributed by atoms with Crippen molar-refractivity contribution in [2.24, 2.45) is 0 Å². The van der Waals surface area contributed by atoms with Gasteiger partial charge in [-0.1, -0.05) is 6.92 Å². The fourth-order valence-electron chi connectivity index (χ4n) is 2.35. The van der Waals surface area contributed by atoms with Gasteiger partial charge < -0.3 is 14.8 Å². The third kappa shape index (κ3) is 5.15. The standard InChI is InChI=1S/C18H21NO5S2/c1-4-13-11(3)16(18(22)23-5-2)17(26-13)19-14(20)9-24-15(21)8-12-6-7-25-10-12/h6-7,10H,4-5,8-9H2,1-3H3,(H,19,20). The van der Waals surface area contributed by atoms with Crippen LogP contribution in [-0.4, -0.2) is 31.1 Å². The molecule has 0 radical (unpaired) electrons. The fourth-order valence-corrected chi connectivity index (χ4v) is 4.17. The van der Waals surface area contributed by atoms with E-state index >= 15 is 0 Å². The number of carbonyl (C=O) groups excluding carboxylic acids is 3. The molecule has 0 fully saturated rings. The average molecular weight is 396 g/mol. The minimum atomic E-state index is -0.488. The first-order valence-corrected chi connectivity index (χ1v) is 9.98. The van der Waals surface area contributed by atoms with E-state index in [1.807, 2.05) is 30.7 Å². The Morgan fingerprint density at radius 3 is 2.58 bits per heavy atom. The van der Waals surface area contributed by atoms with Crippen molar-refractivity contribution < 1.29 is 23.9 Å². The van der Waals surface area contributed by atoms with Crippen LogP contribution in [0.25, 0.3) is 0 Å².